The van der Waals surface area contributed by atoms with Crippen molar-refractivity contribution >= 4 is 30.0 Å². The minimum absolute atomic E-state index is 0. The predicted octanol–water partition coefficient (Wildman–Crippen LogP) is 4.03. The molecule has 1 saturated heterocycles. The summed E-state index contributed by atoms with van der Waals surface area (Å²) in [5, 5.41) is 12.6. The SMILES string of the molecule is Cl.O=C(CN1C[C@@H]2CCC[C@@]2(C(=O)O)C1)Nc1cccc(Oc2ccccc2)c1. The second-order valence-electron chi connectivity index (χ2n) is 7.71. The standard InChI is InChI=1S/C22H24N2O4.ClH/c25-20(14-24-13-16-6-5-11-22(16,15-24)21(26)27)23-17-7-4-10-19(12-17)28-18-8-2-1-3-9-18;/h1-4,7-10,12,16H,5-6,11,13-15H2,(H,23,25)(H,26,27);1H/t16-,22+;/m0./s1. The van der Waals surface area contributed by atoms with E-state index >= 15 is 0 Å². The number of nitrogens with zero attached hydrogens (tertiary/aromatic N) is 1. The second-order valence-corrected chi connectivity index (χ2v) is 7.71. The van der Waals surface area contributed by atoms with Crippen molar-refractivity contribution in [2.24, 2.45) is 11.3 Å². The molecule has 1 amide bonds. The van der Waals surface area contributed by atoms with E-state index in [1.165, 1.54) is 0 Å². The van der Waals surface area contributed by atoms with Crippen molar-refractivity contribution < 1.29 is 19.4 Å². The molecule has 2 aromatic carbocycles. The lowest BCUT2D eigenvalue weighted by Crippen LogP contribution is -2.37. The van der Waals surface area contributed by atoms with Crippen LogP contribution in [-0.2, 0) is 9.59 Å². The number of nitrogens with one attached hydrogen (secondary N) is 1. The van der Waals surface area contributed by atoms with Gasteiger partial charge in [0.05, 0.1) is 12.0 Å². The monoisotopic (exact) mass is 416 g/mol. The smallest absolute Gasteiger partial charge is 0.311 e. The fourth-order valence-electron chi connectivity index (χ4n) is 4.53. The minimum atomic E-state index is -0.719. The molecule has 2 aromatic rings. The first kappa shape index (κ1) is 21.1. The molecule has 0 aromatic heterocycles. The topological polar surface area (TPSA) is 78.9 Å². The van der Waals surface area contributed by atoms with Crippen LogP contribution in [0.1, 0.15) is 19.3 Å². The van der Waals surface area contributed by atoms with Gasteiger partial charge in [-0.15, -0.1) is 12.4 Å². The fraction of sp³-hybridized carbons (Fsp3) is 0.364. The van der Waals surface area contributed by atoms with Gasteiger partial charge in [-0.25, -0.2) is 0 Å². The molecule has 1 aliphatic heterocycles. The fourth-order valence-corrected chi connectivity index (χ4v) is 4.53. The van der Waals surface area contributed by atoms with Crippen LogP contribution in [0.5, 0.6) is 11.5 Å². The number of amides is 1. The molecule has 7 heteroatoms. The first-order valence-corrected chi connectivity index (χ1v) is 9.64. The van der Waals surface area contributed by atoms with Crippen LogP contribution in [0.2, 0.25) is 0 Å². The zero-order valence-electron chi connectivity index (χ0n) is 16.0. The zero-order valence-corrected chi connectivity index (χ0v) is 16.9. The Labute approximate surface area is 176 Å². The number of rotatable bonds is 6. The maximum absolute atomic E-state index is 12.5. The molecule has 4 rings (SSSR count). The van der Waals surface area contributed by atoms with Gasteiger partial charge in [-0.3, -0.25) is 14.5 Å². The van der Waals surface area contributed by atoms with Gasteiger partial charge in [0.2, 0.25) is 5.91 Å². The van der Waals surface area contributed by atoms with E-state index in [1.807, 2.05) is 53.4 Å². The third kappa shape index (κ3) is 4.54. The van der Waals surface area contributed by atoms with Gasteiger partial charge in [-0.2, -0.15) is 0 Å². The summed E-state index contributed by atoms with van der Waals surface area (Å²) in [5.41, 5.74) is -0.00486. The molecule has 0 spiro atoms. The summed E-state index contributed by atoms with van der Waals surface area (Å²) in [7, 11) is 0. The van der Waals surface area contributed by atoms with Gasteiger partial charge in [0.15, 0.2) is 0 Å². The molecule has 154 valence electrons. The molecule has 29 heavy (non-hydrogen) atoms. The number of hydrogen-bond donors (Lipinski definition) is 2. The highest BCUT2D eigenvalue weighted by Gasteiger charge is 2.54. The molecule has 2 aliphatic rings. The highest BCUT2D eigenvalue weighted by Crippen LogP contribution is 2.48. The summed E-state index contributed by atoms with van der Waals surface area (Å²) in [6.07, 6.45) is 2.61. The van der Waals surface area contributed by atoms with Crippen molar-refractivity contribution in [2.75, 3.05) is 25.0 Å². The first-order valence-electron chi connectivity index (χ1n) is 9.64. The lowest BCUT2D eigenvalue weighted by Gasteiger charge is -2.23. The van der Waals surface area contributed by atoms with Gasteiger partial charge in [0, 0.05) is 24.8 Å². The number of carboxylic acids is 1. The number of carbonyl (C=O) groups excluding carboxylic acids is 1. The molecule has 2 fully saturated rings. The lowest BCUT2D eigenvalue weighted by atomic mass is 9.81. The number of hydrogen-bond acceptors (Lipinski definition) is 4. The predicted molar refractivity (Wildman–Crippen MR) is 113 cm³/mol. The highest BCUT2D eigenvalue weighted by molar-refractivity contribution is 5.92. The van der Waals surface area contributed by atoms with Crippen molar-refractivity contribution in [3.8, 4) is 11.5 Å². The Morgan fingerprint density at radius 2 is 1.90 bits per heavy atom. The Kier molecular flexibility index (Phi) is 6.45. The molecule has 1 heterocycles. The molecule has 0 bridgehead atoms. The van der Waals surface area contributed by atoms with Crippen molar-refractivity contribution in [2.45, 2.75) is 19.3 Å². The van der Waals surface area contributed by atoms with E-state index in [-0.39, 0.29) is 30.8 Å². The van der Waals surface area contributed by atoms with Crippen LogP contribution in [0.15, 0.2) is 54.6 Å². The quantitative estimate of drug-likeness (QED) is 0.743. The van der Waals surface area contributed by atoms with Crippen LogP contribution >= 0.6 is 12.4 Å². The summed E-state index contributed by atoms with van der Waals surface area (Å²) in [6, 6.07) is 16.7. The van der Waals surface area contributed by atoms with Gasteiger partial charge in [-0.05, 0) is 43.0 Å². The van der Waals surface area contributed by atoms with Gasteiger partial charge < -0.3 is 15.2 Å². The van der Waals surface area contributed by atoms with Crippen molar-refractivity contribution in [1.82, 2.24) is 4.90 Å². The van der Waals surface area contributed by atoms with Gasteiger partial charge in [0.25, 0.3) is 0 Å². The number of carboxylic acid groups (broad SMARTS) is 1. The Morgan fingerprint density at radius 3 is 2.62 bits per heavy atom. The summed E-state index contributed by atoms with van der Waals surface area (Å²) in [5.74, 6) is 0.666. The highest BCUT2D eigenvalue weighted by atomic mass is 35.5. The summed E-state index contributed by atoms with van der Waals surface area (Å²) >= 11 is 0. The number of anilines is 1. The number of fused-ring (bicyclic) bond motifs is 1. The molecule has 1 saturated carbocycles. The lowest BCUT2D eigenvalue weighted by molar-refractivity contribution is -0.149. The molecule has 2 N–H and O–H groups in total. The largest absolute Gasteiger partial charge is 0.481 e. The van der Waals surface area contributed by atoms with E-state index in [9.17, 15) is 14.7 Å². The van der Waals surface area contributed by atoms with Gasteiger partial charge in [0.1, 0.15) is 11.5 Å². The molecular formula is C22H25ClN2O4. The molecule has 1 aliphatic carbocycles. The van der Waals surface area contributed by atoms with Crippen LogP contribution in [0, 0.1) is 11.3 Å². The number of para-hydroxylation sites is 1. The minimum Gasteiger partial charge on any atom is -0.481 e. The first-order chi connectivity index (χ1) is 13.5. The van der Waals surface area contributed by atoms with Crippen LogP contribution < -0.4 is 10.1 Å². The van der Waals surface area contributed by atoms with E-state index in [0.29, 0.717) is 30.9 Å². The Hall–Kier alpha value is -2.57. The second kappa shape index (κ2) is 8.84. The van der Waals surface area contributed by atoms with Crippen LogP contribution in [0.25, 0.3) is 0 Å². The summed E-state index contributed by atoms with van der Waals surface area (Å²) in [6.45, 7) is 1.34. The van der Waals surface area contributed by atoms with Crippen molar-refractivity contribution in [1.29, 1.82) is 0 Å². The Morgan fingerprint density at radius 1 is 1.14 bits per heavy atom. The average molecular weight is 417 g/mol. The van der Waals surface area contributed by atoms with Crippen molar-refractivity contribution in [3.63, 3.8) is 0 Å². The Balaban J connectivity index is 0.00000240. The van der Waals surface area contributed by atoms with Gasteiger partial charge >= 0.3 is 5.97 Å². The molecule has 0 unspecified atom stereocenters. The number of likely N-dealkylation sites (tertiary alicyclic amines) is 1. The van der Waals surface area contributed by atoms with E-state index in [0.717, 1.165) is 18.6 Å². The van der Waals surface area contributed by atoms with Crippen LogP contribution in [0.4, 0.5) is 5.69 Å². The number of carbonyl (C=O) groups is 2. The van der Waals surface area contributed by atoms with E-state index in [4.69, 9.17) is 4.74 Å². The van der Waals surface area contributed by atoms with E-state index < -0.39 is 11.4 Å². The average Bonchev–Trinajstić information content (AvgIpc) is 3.21. The number of aliphatic carboxylic acids is 1. The van der Waals surface area contributed by atoms with E-state index in [1.54, 1.807) is 6.07 Å². The van der Waals surface area contributed by atoms with Gasteiger partial charge in [-0.1, -0.05) is 30.7 Å². The number of ether oxygens (including phenoxy) is 1. The van der Waals surface area contributed by atoms with Crippen LogP contribution in [-0.4, -0.2) is 41.5 Å². The summed E-state index contributed by atoms with van der Waals surface area (Å²) < 4.78 is 5.80. The zero-order chi connectivity index (χ0) is 19.6. The maximum Gasteiger partial charge on any atom is 0.311 e. The number of benzene rings is 2. The summed E-state index contributed by atoms with van der Waals surface area (Å²) in [4.78, 5) is 26.2. The van der Waals surface area contributed by atoms with E-state index in [2.05, 4.69) is 5.32 Å². The molecule has 6 nitrogen and oxygen atoms in total. The maximum atomic E-state index is 12.5. The third-order valence-electron chi connectivity index (χ3n) is 5.83. The normalized spacial score (nSPS) is 23.1. The van der Waals surface area contributed by atoms with Crippen molar-refractivity contribution in [3.05, 3.63) is 54.6 Å². The third-order valence-corrected chi connectivity index (χ3v) is 5.83. The number of halogens is 1. The Bertz CT molecular complexity index is 876. The molecular weight excluding hydrogens is 392 g/mol. The molecule has 0 radical (unpaired) electrons. The molecule has 2 atom stereocenters. The van der Waals surface area contributed by atoms with Crippen LogP contribution in [0.3, 0.4) is 0 Å².